The van der Waals surface area contributed by atoms with Crippen molar-refractivity contribution in [3.63, 3.8) is 0 Å². The first-order valence-corrected chi connectivity index (χ1v) is 4.77. The Kier molecular flexibility index (Phi) is 3.58. The molecule has 3 nitrogen and oxygen atoms in total. The van der Waals surface area contributed by atoms with Gasteiger partial charge in [-0.15, -0.1) is 0 Å². The van der Waals surface area contributed by atoms with Crippen molar-refractivity contribution < 1.29 is 4.79 Å². The number of benzene rings is 1. The summed E-state index contributed by atoms with van der Waals surface area (Å²) in [5, 5.41) is -0.266. The van der Waals surface area contributed by atoms with Crippen molar-refractivity contribution in [3.05, 3.63) is 28.7 Å². The zero-order valence-corrected chi connectivity index (χ0v) is 8.48. The SMILES string of the molecule is NNC(=O)Sc1ccc(Br)cc1. The van der Waals surface area contributed by atoms with Gasteiger partial charge in [0.05, 0.1) is 0 Å². The maximum Gasteiger partial charge on any atom is 0.297 e. The van der Waals surface area contributed by atoms with Gasteiger partial charge >= 0.3 is 0 Å². The van der Waals surface area contributed by atoms with Gasteiger partial charge < -0.3 is 0 Å². The maximum absolute atomic E-state index is 10.8. The monoisotopic (exact) mass is 246 g/mol. The van der Waals surface area contributed by atoms with Crippen LogP contribution in [0.5, 0.6) is 0 Å². The summed E-state index contributed by atoms with van der Waals surface area (Å²) in [7, 11) is 0. The van der Waals surface area contributed by atoms with Crippen molar-refractivity contribution in [1.82, 2.24) is 5.43 Å². The normalized spacial score (nSPS) is 9.50. The van der Waals surface area contributed by atoms with Crippen molar-refractivity contribution >= 4 is 32.9 Å². The number of carbonyl (C=O) groups is 1. The largest absolute Gasteiger partial charge is 0.297 e. The third-order valence-electron chi connectivity index (χ3n) is 1.14. The topological polar surface area (TPSA) is 55.1 Å². The highest BCUT2D eigenvalue weighted by Gasteiger charge is 2.00. The number of hydrazine groups is 1. The fraction of sp³-hybridized carbons (Fsp3) is 0. The molecule has 12 heavy (non-hydrogen) atoms. The molecule has 0 saturated carbocycles. The number of nitrogens with two attached hydrogens (primary N) is 1. The van der Waals surface area contributed by atoms with E-state index in [1.807, 2.05) is 29.7 Å². The number of rotatable bonds is 1. The molecule has 1 rings (SSSR count). The van der Waals surface area contributed by atoms with Crippen molar-refractivity contribution in [2.45, 2.75) is 4.90 Å². The van der Waals surface area contributed by atoms with Gasteiger partial charge in [0, 0.05) is 9.37 Å². The summed E-state index contributed by atoms with van der Waals surface area (Å²) in [4.78, 5) is 11.6. The summed E-state index contributed by atoms with van der Waals surface area (Å²) in [5.74, 6) is 4.92. The van der Waals surface area contributed by atoms with E-state index >= 15 is 0 Å². The minimum Gasteiger partial charge on any atom is -0.285 e. The van der Waals surface area contributed by atoms with Gasteiger partial charge in [-0.3, -0.25) is 10.2 Å². The van der Waals surface area contributed by atoms with Gasteiger partial charge in [0.1, 0.15) is 0 Å². The van der Waals surface area contributed by atoms with E-state index in [9.17, 15) is 4.79 Å². The van der Waals surface area contributed by atoms with Crippen LogP contribution < -0.4 is 11.3 Å². The molecule has 1 aromatic rings. The Hall–Kier alpha value is -0.520. The Balaban J connectivity index is 2.64. The van der Waals surface area contributed by atoms with Gasteiger partial charge in [0.15, 0.2) is 0 Å². The molecule has 0 heterocycles. The highest BCUT2D eigenvalue weighted by molar-refractivity contribution is 9.10. The molecule has 0 radical (unpaired) electrons. The molecule has 0 atom stereocenters. The first kappa shape index (κ1) is 9.57. The second-order valence-corrected chi connectivity index (χ2v) is 3.95. The fourth-order valence-corrected chi connectivity index (χ4v) is 1.45. The van der Waals surface area contributed by atoms with Crippen molar-refractivity contribution in [2.75, 3.05) is 0 Å². The second-order valence-electron chi connectivity index (χ2n) is 1.99. The average Bonchev–Trinajstić information content (AvgIpc) is 2.09. The van der Waals surface area contributed by atoms with Crippen LogP contribution in [0.2, 0.25) is 0 Å². The predicted molar refractivity (Wildman–Crippen MR) is 52.7 cm³/mol. The summed E-state index contributed by atoms with van der Waals surface area (Å²) < 4.78 is 0.986. The first-order valence-electron chi connectivity index (χ1n) is 3.16. The van der Waals surface area contributed by atoms with Crippen LogP contribution in [0.1, 0.15) is 0 Å². The summed E-state index contributed by atoms with van der Waals surface area (Å²) in [6, 6.07) is 7.41. The smallest absolute Gasteiger partial charge is 0.285 e. The molecular weight excluding hydrogens is 240 g/mol. The van der Waals surface area contributed by atoms with Gasteiger partial charge in [0.25, 0.3) is 5.24 Å². The fourth-order valence-electron chi connectivity index (χ4n) is 0.639. The van der Waals surface area contributed by atoms with Gasteiger partial charge in [-0.1, -0.05) is 15.9 Å². The summed E-state index contributed by atoms with van der Waals surface area (Å²) in [5.41, 5.74) is 2.04. The lowest BCUT2D eigenvalue weighted by Crippen LogP contribution is -2.25. The number of thioether (sulfide) groups is 1. The predicted octanol–water partition coefficient (Wildman–Crippen LogP) is 2.12. The standard InChI is InChI=1S/C7H7BrN2OS/c8-5-1-3-6(4-2-5)12-7(11)10-9/h1-4H,9H2,(H,10,11). The van der Waals surface area contributed by atoms with Crippen molar-refractivity contribution in [1.29, 1.82) is 0 Å². The van der Waals surface area contributed by atoms with Crippen LogP contribution in [0, 0.1) is 0 Å². The quantitative estimate of drug-likeness (QED) is 0.346. The molecule has 0 fully saturated rings. The van der Waals surface area contributed by atoms with Crippen LogP contribution >= 0.6 is 27.7 Å². The Labute approximate surface area is 82.8 Å². The number of hydrogen-bond donors (Lipinski definition) is 2. The van der Waals surface area contributed by atoms with Crippen LogP contribution in [0.3, 0.4) is 0 Å². The van der Waals surface area contributed by atoms with Crippen molar-refractivity contribution in [2.24, 2.45) is 5.84 Å². The number of nitrogens with one attached hydrogen (secondary N) is 1. The molecule has 0 aliphatic rings. The minimum atomic E-state index is -0.266. The van der Waals surface area contributed by atoms with Crippen LogP contribution in [0.25, 0.3) is 0 Å². The zero-order chi connectivity index (χ0) is 8.97. The summed E-state index contributed by atoms with van der Waals surface area (Å²) in [6.45, 7) is 0. The molecule has 0 unspecified atom stereocenters. The third kappa shape index (κ3) is 2.84. The minimum absolute atomic E-state index is 0.266. The molecule has 3 N–H and O–H groups in total. The molecule has 0 saturated heterocycles. The second kappa shape index (κ2) is 4.49. The first-order chi connectivity index (χ1) is 5.72. The lowest BCUT2D eigenvalue weighted by molar-refractivity contribution is 0.261. The summed E-state index contributed by atoms with van der Waals surface area (Å²) >= 11 is 4.35. The van der Waals surface area contributed by atoms with E-state index in [-0.39, 0.29) is 5.24 Å². The number of halogens is 1. The van der Waals surface area contributed by atoms with E-state index in [0.29, 0.717) is 0 Å². The Morgan fingerprint density at radius 2 is 2.00 bits per heavy atom. The van der Waals surface area contributed by atoms with Crippen molar-refractivity contribution in [3.8, 4) is 0 Å². The van der Waals surface area contributed by atoms with E-state index in [4.69, 9.17) is 5.84 Å². The number of amides is 1. The molecule has 1 amide bonds. The van der Waals surface area contributed by atoms with Crippen LogP contribution in [0.4, 0.5) is 4.79 Å². The molecule has 0 spiro atoms. The molecular formula is C7H7BrN2OS. The van der Waals surface area contributed by atoms with Gasteiger partial charge in [-0.05, 0) is 36.0 Å². The Morgan fingerprint density at radius 3 is 2.50 bits per heavy atom. The molecule has 0 aromatic heterocycles. The maximum atomic E-state index is 10.8. The molecule has 64 valence electrons. The highest BCUT2D eigenvalue weighted by atomic mass is 79.9. The zero-order valence-electron chi connectivity index (χ0n) is 6.08. The highest BCUT2D eigenvalue weighted by Crippen LogP contribution is 2.20. The molecule has 0 bridgehead atoms. The third-order valence-corrected chi connectivity index (χ3v) is 2.48. The van der Waals surface area contributed by atoms with Crippen LogP contribution in [-0.4, -0.2) is 5.24 Å². The van der Waals surface area contributed by atoms with E-state index in [2.05, 4.69) is 15.9 Å². The lowest BCUT2D eigenvalue weighted by Gasteiger charge is -1.98. The Morgan fingerprint density at radius 1 is 1.42 bits per heavy atom. The number of carbonyl (C=O) groups excluding carboxylic acids is 1. The van der Waals surface area contributed by atoms with Gasteiger partial charge in [-0.2, -0.15) is 0 Å². The summed E-state index contributed by atoms with van der Waals surface area (Å²) in [6.07, 6.45) is 0. The van der Waals surface area contributed by atoms with Crippen LogP contribution in [0.15, 0.2) is 33.6 Å². The molecule has 5 heteroatoms. The van der Waals surface area contributed by atoms with E-state index < -0.39 is 0 Å². The van der Waals surface area contributed by atoms with E-state index in [1.165, 1.54) is 0 Å². The number of hydrogen-bond acceptors (Lipinski definition) is 3. The van der Waals surface area contributed by atoms with Crippen LogP contribution in [-0.2, 0) is 0 Å². The molecule has 0 aliphatic heterocycles. The molecule has 1 aromatic carbocycles. The van der Waals surface area contributed by atoms with Gasteiger partial charge in [-0.25, -0.2) is 5.84 Å². The Bertz CT molecular complexity index is 275. The average molecular weight is 247 g/mol. The van der Waals surface area contributed by atoms with Gasteiger partial charge in [0.2, 0.25) is 0 Å². The lowest BCUT2D eigenvalue weighted by atomic mass is 10.4. The molecule has 0 aliphatic carbocycles. The van der Waals surface area contributed by atoms with E-state index in [1.54, 1.807) is 0 Å². The van der Waals surface area contributed by atoms with E-state index in [0.717, 1.165) is 21.1 Å².